The topological polar surface area (TPSA) is 12.0 Å². The largest absolute Gasteiger partial charge is 0.312 e. The third-order valence-electron chi connectivity index (χ3n) is 3.50. The quantitative estimate of drug-likeness (QED) is 0.431. The van der Waals surface area contributed by atoms with Gasteiger partial charge in [-0.25, -0.2) is 0 Å². The van der Waals surface area contributed by atoms with Gasteiger partial charge >= 0.3 is 0 Å². The number of benzene rings is 1. The van der Waals surface area contributed by atoms with Gasteiger partial charge in [0.25, 0.3) is 0 Å². The van der Waals surface area contributed by atoms with Crippen LogP contribution >= 0.6 is 34.8 Å². The standard InChI is InChI=1S/C16H24Cl3N/c1-4-5-6-9-16(2,3)11-20-10-12-13(17)7-8-14(18)15(12)19/h7-8,20H,4-6,9-11H2,1-3H3. The molecule has 1 rings (SSSR count). The molecule has 0 aromatic heterocycles. The molecule has 0 bridgehead atoms. The van der Waals surface area contributed by atoms with E-state index in [1.165, 1.54) is 25.7 Å². The van der Waals surface area contributed by atoms with Crippen LogP contribution in [0.15, 0.2) is 12.1 Å². The molecule has 0 saturated carbocycles. The third-order valence-corrected chi connectivity index (χ3v) is 4.70. The molecule has 0 aliphatic heterocycles. The van der Waals surface area contributed by atoms with E-state index in [0.717, 1.165) is 12.1 Å². The predicted molar refractivity (Wildman–Crippen MR) is 91.1 cm³/mol. The molecule has 1 aromatic carbocycles. The van der Waals surface area contributed by atoms with Crippen LogP contribution in [0.25, 0.3) is 0 Å². The number of hydrogen-bond acceptors (Lipinski definition) is 1. The van der Waals surface area contributed by atoms with E-state index in [-0.39, 0.29) is 5.41 Å². The Hall–Kier alpha value is 0.0500. The van der Waals surface area contributed by atoms with Gasteiger partial charge in [-0.1, -0.05) is 74.8 Å². The lowest BCUT2D eigenvalue weighted by Gasteiger charge is -2.25. The molecule has 1 nitrogen and oxygen atoms in total. The average molecular weight is 337 g/mol. The molecule has 0 spiro atoms. The minimum atomic E-state index is 0.284. The SMILES string of the molecule is CCCCCC(C)(C)CNCc1c(Cl)ccc(Cl)c1Cl. The van der Waals surface area contributed by atoms with E-state index >= 15 is 0 Å². The zero-order valence-corrected chi connectivity index (χ0v) is 14.8. The van der Waals surface area contributed by atoms with Gasteiger partial charge in [-0.3, -0.25) is 0 Å². The maximum Gasteiger partial charge on any atom is 0.0652 e. The lowest BCUT2D eigenvalue weighted by atomic mass is 9.87. The molecule has 1 aromatic rings. The minimum Gasteiger partial charge on any atom is -0.312 e. The first-order chi connectivity index (χ1) is 9.37. The van der Waals surface area contributed by atoms with Crippen molar-refractivity contribution in [3.63, 3.8) is 0 Å². The van der Waals surface area contributed by atoms with Crippen LogP contribution in [0.2, 0.25) is 15.1 Å². The Labute approximate surface area is 138 Å². The second-order valence-electron chi connectivity index (χ2n) is 6.05. The van der Waals surface area contributed by atoms with Gasteiger partial charge in [-0.05, 0) is 24.0 Å². The second kappa shape index (κ2) is 8.48. The normalized spacial score (nSPS) is 11.9. The van der Waals surface area contributed by atoms with Gasteiger partial charge in [0.05, 0.1) is 10.0 Å². The van der Waals surface area contributed by atoms with Crippen molar-refractivity contribution in [1.82, 2.24) is 5.32 Å². The number of nitrogens with one attached hydrogen (secondary N) is 1. The van der Waals surface area contributed by atoms with E-state index in [1.54, 1.807) is 12.1 Å². The van der Waals surface area contributed by atoms with Gasteiger partial charge in [0.2, 0.25) is 0 Å². The third kappa shape index (κ3) is 5.81. The first kappa shape index (κ1) is 18.1. The van der Waals surface area contributed by atoms with E-state index in [1.807, 2.05) is 0 Å². The van der Waals surface area contributed by atoms with Crippen LogP contribution in [0.4, 0.5) is 0 Å². The molecule has 0 saturated heterocycles. The zero-order chi connectivity index (χ0) is 15.2. The van der Waals surface area contributed by atoms with Gasteiger partial charge in [-0.15, -0.1) is 0 Å². The molecule has 0 atom stereocenters. The highest BCUT2D eigenvalue weighted by Crippen LogP contribution is 2.31. The van der Waals surface area contributed by atoms with Gasteiger partial charge < -0.3 is 5.32 Å². The van der Waals surface area contributed by atoms with Crippen molar-refractivity contribution in [3.05, 3.63) is 32.8 Å². The van der Waals surface area contributed by atoms with Crippen LogP contribution in [0.5, 0.6) is 0 Å². The summed E-state index contributed by atoms with van der Waals surface area (Å²) in [6.07, 6.45) is 5.07. The molecular weight excluding hydrogens is 313 g/mol. The van der Waals surface area contributed by atoms with Gasteiger partial charge in [-0.2, -0.15) is 0 Å². The van der Waals surface area contributed by atoms with Crippen molar-refractivity contribution in [1.29, 1.82) is 0 Å². The molecule has 1 N–H and O–H groups in total. The molecule has 0 radical (unpaired) electrons. The van der Waals surface area contributed by atoms with E-state index in [0.29, 0.717) is 21.6 Å². The summed E-state index contributed by atoms with van der Waals surface area (Å²) < 4.78 is 0. The van der Waals surface area contributed by atoms with Gasteiger partial charge in [0.15, 0.2) is 0 Å². The Kier molecular flexibility index (Phi) is 7.68. The molecule has 0 heterocycles. The highest BCUT2D eigenvalue weighted by atomic mass is 35.5. The molecule has 0 aliphatic carbocycles. The highest BCUT2D eigenvalue weighted by molar-refractivity contribution is 6.44. The smallest absolute Gasteiger partial charge is 0.0652 e. The van der Waals surface area contributed by atoms with Crippen LogP contribution in [-0.4, -0.2) is 6.54 Å². The van der Waals surface area contributed by atoms with Crippen LogP contribution in [0, 0.1) is 5.41 Å². The van der Waals surface area contributed by atoms with Crippen molar-refractivity contribution in [2.75, 3.05) is 6.54 Å². The maximum absolute atomic E-state index is 6.19. The highest BCUT2D eigenvalue weighted by Gasteiger charge is 2.17. The lowest BCUT2D eigenvalue weighted by Crippen LogP contribution is -2.29. The Morgan fingerprint density at radius 2 is 1.70 bits per heavy atom. The number of rotatable bonds is 8. The molecular formula is C16H24Cl3N. The van der Waals surface area contributed by atoms with E-state index in [2.05, 4.69) is 26.1 Å². The molecule has 0 amide bonds. The monoisotopic (exact) mass is 335 g/mol. The van der Waals surface area contributed by atoms with Crippen LogP contribution in [0.3, 0.4) is 0 Å². The van der Waals surface area contributed by atoms with Crippen molar-refractivity contribution in [3.8, 4) is 0 Å². The van der Waals surface area contributed by atoms with Crippen molar-refractivity contribution in [2.45, 2.75) is 53.0 Å². The molecule has 114 valence electrons. The van der Waals surface area contributed by atoms with Crippen molar-refractivity contribution >= 4 is 34.8 Å². The molecule has 0 aliphatic rings. The van der Waals surface area contributed by atoms with Crippen molar-refractivity contribution < 1.29 is 0 Å². The lowest BCUT2D eigenvalue weighted by molar-refractivity contribution is 0.302. The fourth-order valence-corrected chi connectivity index (χ4v) is 2.88. The Balaban J connectivity index is 2.50. The van der Waals surface area contributed by atoms with Crippen LogP contribution in [0.1, 0.15) is 52.0 Å². The summed E-state index contributed by atoms with van der Waals surface area (Å²) in [6, 6.07) is 3.52. The fourth-order valence-electron chi connectivity index (χ4n) is 2.20. The first-order valence-electron chi connectivity index (χ1n) is 7.20. The fraction of sp³-hybridized carbons (Fsp3) is 0.625. The zero-order valence-electron chi connectivity index (χ0n) is 12.5. The molecule has 0 fully saturated rings. The summed E-state index contributed by atoms with van der Waals surface area (Å²) in [5, 5.41) is 5.22. The Morgan fingerprint density at radius 1 is 1.05 bits per heavy atom. The maximum atomic E-state index is 6.19. The number of halogens is 3. The summed E-state index contributed by atoms with van der Waals surface area (Å²) in [5.41, 5.74) is 1.16. The first-order valence-corrected chi connectivity index (χ1v) is 8.34. The van der Waals surface area contributed by atoms with Gasteiger partial charge in [0.1, 0.15) is 0 Å². The van der Waals surface area contributed by atoms with E-state index in [9.17, 15) is 0 Å². The molecule has 20 heavy (non-hydrogen) atoms. The summed E-state index contributed by atoms with van der Waals surface area (Å²) in [4.78, 5) is 0. The average Bonchev–Trinajstić information content (AvgIpc) is 2.38. The molecule has 4 heteroatoms. The predicted octanol–water partition coefficient (Wildman–Crippen LogP) is 6.34. The Bertz CT molecular complexity index is 430. The molecule has 0 unspecified atom stereocenters. The summed E-state index contributed by atoms with van der Waals surface area (Å²) in [6.45, 7) is 8.40. The number of unbranched alkanes of at least 4 members (excludes halogenated alkanes) is 2. The van der Waals surface area contributed by atoms with Crippen LogP contribution < -0.4 is 5.32 Å². The second-order valence-corrected chi connectivity index (χ2v) is 7.24. The van der Waals surface area contributed by atoms with Crippen LogP contribution in [-0.2, 0) is 6.54 Å². The van der Waals surface area contributed by atoms with E-state index in [4.69, 9.17) is 34.8 Å². The summed E-state index contributed by atoms with van der Waals surface area (Å²) in [7, 11) is 0. The summed E-state index contributed by atoms with van der Waals surface area (Å²) >= 11 is 18.4. The van der Waals surface area contributed by atoms with E-state index < -0.39 is 0 Å². The van der Waals surface area contributed by atoms with Crippen molar-refractivity contribution in [2.24, 2.45) is 5.41 Å². The Morgan fingerprint density at radius 3 is 2.35 bits per heavy atom. The minimum absolute atomic E-state index is 0.284. The number of hydrogen-bond donors (Lipinski definition) is 1. The van der Waals surface area contributed by atoms with Gasteiger partial charge in [0, 0.05) is 23.7 Å². The summed E-state index contributed by atoms with van der Waals surface area (Å²) in [5.74, 6) is 0.